The molecule has 2 rings (SSSR count). The van der Waals surface area contributed by atoms with Crippen LogP contribution in [0.4, 0.5) is 9.57 Å². The third kappa shape index (κ3) is 4.25. The predicted octanol–water partition coefficient (Wildman–Crippen LogP) is 0.966. The number of hydrogen-bond acceptors (Lipinski definition) is 4. The Kier molecular flexibility index (Phi) is 4.26. The van der Waals surface area contributed by atoms with Gasteiger partial charge in [0.25, 0.3) is 0 Å². The molecule has 1 fully saturated rings. The van der Waals surface area contributed by atoms with Crippen molar-refractivity contribution in [1.82, 2.24) is 0 Å². The molecule has 0 radical (unpaired) electrons. The van der Waals surface area contributed by atoms with Crippen LogP contribution in [0.1, 0.15) is 12.0 Å². The van der Waals surface area contributed by atoms with Gasteiger partial charge in [0.05, 0.1) is 12.2 Å². The Hall–Kier alpha value is -1.96. The van der Waals surface area contributed by atoms with Gasteiger partial charge in [-0.25, -0.2) is 0 Å². The van der Waals surface area contributed by atoms with Gasteiger partial charge >= 0.3 is 16.2 Å². The van der Waals surface area contributed by atoms with Crippen molar-refractivity contribution in [2.45, 2.75) is 12.8 Å². The number of carboxylic acid groups (broad SMARTS) is 1. The first-order chi connectivity index (χ1) is 9.74. The molecule has 0 spiro atoms. The highest BCUT2D eigenvalue weighted by Crippen LogP contribution is 2.26. The molecule has 0 saturated carbocycles. The van der Waals surface area contributed by atoms with Crippen LogP contribution >= 0.6 is 0 Å². The number of halogens is 1. The molecular formula is C13H14FNO5S. The number of amides is 1. The fraction of sp³-hybridized carbons (Fsp3) is 0.385. The summed E-state index contributed by atoms with van der Waals surface area (Å²) in [6.45, 7) is 0.139. The molecule has 1 aromatic carbocycles. The van der Waals surface area contributed by atoms with Crippen molar-refractivity contribution in [2.75, 3.05) is 17.2 Å². The molecule has 6 nitrogen and oxygen atoms in total. The summed E-state index contributed by atoms with van der Waals surface area (Å²) in [6.07, 6.45) is -0.128. The number of benzene rings is 1. The van der Waals surface area contributed by atoms with E-state index in [-0.39, 0.29) is 25.3 Å². The first-order valence-electron chi connectivity index (χ1n) is 6.28. The van der Waals surface area contributed by atoms with Crippen molar-refractivity contribution >= 4 is 27.8 Å². The van der Waals surface area contributed by atoms with E-state index in [2.05, 4.69) is 0 Å². The maximum Gasteiger partial charge on any atom is 0.307 e. The van der Waals surface area contributed by atoms with Crippen LogP contribution in [0.3, 0.4) is 0 Å². The van der Waals surface area contributed by atoms with E-state index in [4.69, 9.17) is 5.11 Å². The number of carboxylic acids is 1. The van der Waals surface area contributed by atoms with E-state index in [1.807, 2.05) is 0 Å². The zero-order valence-corrected chi connectivity index (χ0v) is 11.8. The quantitative estimate of drug-likeness (QED) is 0.817. The van der Waals surface area contributed by atoms with Gasteiger partial charge in [-0.3, -0.25) is 9.59 Å². The number of nitrogens with zero attached hydrogens (tertiary/aromatic N) is 1. The van der Waals surface area contributed by atoms with Crippen molar-refractivity contribution in [2.24, 2.45) is 5.92 Å². The van der Waals surface area contributed by atoms with E-state index in [1.54, 1.807) is 24.3 Å². The molecule has 1 amide bonds. The first-order valence-corrected chi connectivity index (χ1v) is 7.83. The van der Waals surface area contributed by atoms with Gasteiger partial charge in [-0.05, 0) is 17.7 Å². The summed E-state index contributed by atoms with van der Waals surface area (Å²) in [4.78, 5) is 23.8. The highest BCUT2D eigenvalue weighted by molar-refractivity contribution is 7.86. The van der Waals surface area contributed by atoms with Crippen molar-refractivity contribution < 1.29 is 27.0 Å². The molecule has 1 N–H and O–H groups in total. The van der Waals surface area contributed by atoms with Crippen molar-refractivity contribution in [1.29, 1.82) is 0 Å². The number of rotatable bonds is 5. The Morgan fingerprint density at radius 2 is 1.95 bits per heavy atom. The molecule has 1 unspecified atom stereocenters. The Bertz CT molecular complexity index is 656. The van der Waals surface area contributed by atoms with Crippen LogP contribution in [-0.4, -0.2) is 37.7 Å². The lowest BCUT2D eigenvalue weighted by molar-refractivity contribution is -0.136. The lowest BCUT2D eigenvalue weighted by Gasteiger charge is -2.16. The van der Waals surface area contributed by atoms with Crippen LogP contribution in [0.2, 0.25) is 0 Å². The lowest BCUT2D eigenvalue weighted by atomic mass is 10.1. The molecule has 1 aromatic rings. The topological polar surface area (TPSA) is 91.8 Å². The second-order valence-electron chi connectivity index (χ2n) is 5.02. The average molecular weight is 315 g/mol. The van der Waals surface area contributed by atoms with Gasteiger partial charge in [0.1, 0.15) is 0 Å². The van der Waals surface area contributed by atoms with Crippen molar-refractivity contribution in [3.05, 3.63) is 29.8 Å². The third-order valence-corrected chi connectivity index (χ3v) is 4.11. The van der Waals surface area contributed by atoms with Crippen LogP contribution in [-0.2, 0) is 26.2 Å². The number of hydrogen-bond donors (Lipinski definition) is 1. The molecule has 1 aliphatic rings. The summed E-state index contributed by atoms with van der Waals surface area (Å²) < 4.78 is 33.9. The highest BCUT2D eigenvalue weighted by atomic mass is 32.3. The summed E-state index contributed by atoms with van der Waals surface area (Å²) in [7, 11) is -4.60. The van der Waals surface area contributed by atoms with Crippen LogP contribution in [0.25, 0.3) is 0 Å². The Balaban J connectivity index is 2.08. The lowest BCUT2D eigenvalue weighted by Crippen LogP contribution is -2.25. The molecule has 1 saturated heterocycles. The van der Waals surface area contributed by atoms with E-state index in [1.165, 1.54) is 4.90 Å². The summed E-state index contributed by atoms with van der Waals surface area (Å²) in [6, 6.07) is 6.39. The second kappa shape index (κ2) is 5.80. The maximum atomic E-state index is 12.7. The fourth-order valence-corrected chi connectivity index (χ4v) is 3.18. The summed E-state index contributed by atoms with van der Waals surface area (Å²) in [5.41, 5.74) is 1.15. The number of aliphatic carboxylic acids is 1. The number of carbonyl (C=O) groups excluding carboxylic acids is 1. The summed E-state index contributed by atoms with van der Waals surface area (Å²) in [5, 5.41) is 8.68. The minimum atomic E-state index is -4.60. The molecule has 1 aliphatic heterocycles. The first kappa shape index (κ1) is 15.4. The molecule has 21 heavy (non-hydrogen) atoms. The monoisotopic (exact) mass is 315 g/mol. The fourth-order valence-electron chi connectivity index (χ4n) is 2.39. The van der Waals surface area contributed by atoms with Gasteiger partial charge in [0.15, 0.2) is 0 Å². The van der Waals surface area contributed by atoms with E-state index in [0.29, 0.717) is 11.3 Å². The molecular weight excluding hydrogens is 301 g/mol. The van der Waals surface area contributed by atoms with Crippen LogP contribution < -0.4 is 4.90 Å². The van der Waals surface area contributed by atoms with Gasteiger partial charge in [0.2, 0.25) is 5.91 Å². The van der Waals surface area contributed by atoms with Crippen LogP contribution in [0.15, 0.2) is 24.3 Å². The molecule has 8 heteroatoms. The van der Waals surface area contributed by atoms with Gasteiger partial charge in [-0.15, -0.1) is 3.89 Å². The Labute approximate surface area is 121 Å². The van der Waals surface area contributed by atoms with Crippen molar-refractivity contribution in [3.63, 3.8) is 0 Å². The maximum absolute atomic E-state index is 12.7. The zero-order chi connectivity index (χ0) is 15.6. The molecule has 0 bridgehead atoms. The minimum absolute atomic E-state index is 0.0139. The highest BCUT2D eigenvalue weighted by Gasteiger charge is 2.33. The molecule has 0 aliphatic carbocycles. The standard InChI is InChI=1S/C13H14FNO5S/c14-21(19,20)8-10-5-12(16)15(7-10)11-3-1-9(2-4-11)6-13(17)18/h1-4,10H,5-8H2,(H,17,18). The van der Waals surface area contributed by atoms with Crippen molar-refractivity contribution in [3.8, 4) is 0 Å². The number of anilines is 1. The Morgan fingerprint density at radius 1 is 1.33 bits per heavy atom. The SMILES string of the molecule is O=C(O)Cc1ccc(N2CC(CS(=O)(=O)F)CC2=O)cc1. The van der Waals surface area contributed by atoms with Gasteiger partial charge in [-0.1, -0.05) is 12.1 Å². The van der Waals surface area contributed by atoms with E-state index < -0.39 is 27.9 Å². The molecule has 1 atom stereocenters. The Morgan fingerprint density at radius 3 is 2.48 bits per heavy atom. The molecule has 0 aromatic heterocycles. The zero-order valence-electron chi connectivity index (χ0n) is 11.0. The van der Waals surface area contributed by atoms with Crippen LogP contribution in [0.5, 0.6) is 0 Å². The van der Waals surface area contributed by atoms with Gasteiger partial charge in [0, 0.05) is 24.6 Å². The predicted molar refractivity (Wildman–Crippen MR) is 73.1 cm³/mol. The largest absolute Gasteiger partial charge is 0.481 e. The minimum Gasteiger partial charge on any atom is -0.481 e. The number of carbonyl (C=O) groups is 2. The van der Waals surface area contributed by atoms with E-state index in [9.17, 15) is 21.9 Å². The average Bonchev–Trinajstić information content (AvgIpc) is 2.68. The smallest absolute Gasteiger partial charge is 0.307 e. The van der Waals surface area contributed by atoms with E-state index in [0.717, 1.165) is 0 Å². The van der Waals surface area contributed by atoms with Crippen LogP contribution in [0, 0.1) is 5.92 Å². The van der Waals surface area contributed by atoms with E-state index >= 15 is 0 Å². The summed E-state index contributed by atoms with van der Waals surface area (Å²) in [5.74, 6) is -2.44. The molecule has 114 valence electrons. The normalized spacial score (nSPS) is 19.0. The third-order valence-electron chi connectivity index (χ3n) is 3.24. The van der Waals surface area contributed by atoms with Gasteiger partial charge < -0.3 is 10.0 Å². The second-order valence-corrected chi connectivity index (χ2v) is 6.43. The summed E-state index contributed by atoms with van der Waals surface area (Å²) >= 11 is 0. The molecule has 1 heterocycles. The van der Waals surface area contributed by atoms with Gasteiger partial charge in [-0.2, -0.15) is 8.42 Å².